The zero-order valence-electron chi connectivity index (χ0n) is 16.9. The standard InChI is InChI=1S/C22H23Cl2N5S/c1-15-21(30-18-7-3-6-17(23)20(18)24)27-14-19(28-15)29-11-8-22(25-2,9-12-29)16-5-4-10-26-13-16/h3-7,10,13-14,25H,8-9,11-12H2,1-2H3. The van der Waals surface area contributed by atoms with Gasteiger partial charge in [0.2, 0.25) is 0 Å². The van der Waals surface area contributed by atoms with Gasteiger partial charge in [0.05, 0.1) is 21.9 Å². The molecular formula is C22H23Cl2N5S. The number of halogens is 2. The Kier molecular flexibility index (Phi) is 6.48. The molecule has 3 aromatic rings. The molecule has 0 bridgehead atoms. The highest BCUT2D eigenvalue weighted by molar-refractivity contribution is 7.99. The van der Waals surface area contributed by atoms with Crippen LogP contribution in [0.5, 0.6) is 0 Å². The summed E-state index contributed by atoms with van der Waals surface area (Å²) in [6, 6.07) is 9.75. The van der Waals surface area contributed by atoms with E-state index in [0.29, 0.717) is 10.0 Å². The van der Waals surface area contributed by atoms with Gasteiger partial charge in [-0.2, -0.15) is 0 Å². The van der Waals surface area contributed by atoms with Crippen molar-refractivity contribution in [3.8, 4) is 0 Å². The molecule has 8 heteroatoms. The van der Waals surface area contributed by atoms with E-state index < -0.39 is 0 Å². The minimum atomic E-state index is -0.0493. The van der Waals surface area contributed by atoms with Crippen molar-refractivity contribution in [2.45, 2.75) is 35.2 Å². The van der Waals surface area contributed by atoms with E-state index in [1.165, 1.54) is 17.3 Å². The zero-order valence-corrected chi connectivity index (χ0v) is 19.2. The average molecular weight is 460 g/mol. The van der Waals surface area contributed by atoms with E-state index >= 15 is 0 Å². The highest BCUT2D eigenvalue weighted by atomic mass is 35.5. The minimum absolute atomic E-state index is 0.0493. The molecule has 0 radical (unpaired) electrons. The van der Waals surface area contributed by atoms with Crippen LogP contribution in [-0.4, -0.2) is 35.1 Å². The summed E-state index contributed by atoms with van der Waals surface area (Å²) in [7, 11) is 2.03. The van der Waals surface area contributed by atoms with E-state index in [1.54, 1.807) is 6.07 Å². The summed E-state index contributed by atoms with van der Waals surface area (Å²) >= 11 is 13.9. The quantitative estimate of drug-likeness (QED) is 0.554. The van der Waals surface area contributed by atoms with Crippen LogP contribution in [0.4, 0.5) is 5.82 Å². The first-order valence-electron chi connectivity index (χ1n) is 9.82. The molecule has 3 heterocycles. The second kappa shape index (κ2) is 9.10. The number of piperidine rings is 1. The molecule has 0 spiro atoms. The zero-order chi connectivity index (χ0) is 21.1. The summed E-state index contributed by atoms with van der Waals surface area (Å²) in [6.07, 6.45) is 7.58. The van der Waals surface area contributed by atoms with Gasteiger partial charge in [-0.15, -0.1) is 0 Å². The van der Waals surface area contributed by atoms with Gasteiger partial charge in [0, 0.05) is 35.9 Å². The SMILES string of the molecule is CNC1(c2cccnc2)CCN(c2cnc(Sc3cccc(Cl)c3Cl)c(C)n2)CC1. The van der Waals surface area contributed by atoms with Crippen LogP contribution >= 0.6 is 35.0 Å². The van der Waals surface area contributed by atoms with E-state index in [-0.39, 0.29) is 5.54 Å². The first kappa shape index (κ1) is 21.4. The average Bonchev–Trinajstić information content (AvgIpc) is 2.79. The Hall–Kier alpha value is -1.86. The van der Waals surface area contributed by atoms with Gasteiger partial charge >= 0.3 is 0 Å². The Morgan fingerprint density at radius 1 is 1.10 bits per heavy atom. The third-order valence-corrected chi connectivity index (χ3v) is 7.73. The second-order valence-electron chi connectivity index (χ2n) is 7.33. The van der Waals surface area contributed by atoms with E-state index in [2.05, 4.69) is 26.3 Å². The second-order valence-corrected chi connectivity index (χ2v) is 9.15. The van der Waals surface area contributed by atoms with Crippen LogP contribution < -0.4 is 10.2 Å². The van der Waals surface area contributed by atoms with Crippen LogP contribution in [0.3, 0.4) is 0 Å². The normalized spacial score (nSPS) is 15.9. The number of pyridine rings is 1. The number of hydrogen-bond acceptors (Lipinski definition) is 6. The van der Waals surface area contributed by atoms with Crippen molar-refractivity contribution in [1.82, 2.24) is 20.3 Å². The fraction of sp³-hybridized carbons (Fsp3) is 0.318. The summed E-state index contributed by atoms with van der Waals surface area (Å²) in [4.78, 5) is 17.0. The van der Waals surface area contributed by atoms with E-state index in [4.69, 9.17) is 28.2 Å². The number of hydrogen-bond donors (Lipinski definition) is 1. The first-order valence-corrected chi connectivity index (χ1v) is 11.4. The molecule has 30 heavy (non-hydrogen) atoms. The van der Waals surface area contributed by atoms with Crippen LogP contribution in [0.15, 0.2) is 58.8 Å². The maximum Gasteiger partial charge on any atom is 0.147 e. The monoisotopic (exact) mass is 459 g/mol. The predicted octanol–water partition coefficient (Wildman–Crippen LogP) is 5.35. The van der Waals surface area contributed by atoms with Crippen molar-refractivity contribution in [1.29, 1.82) is 0 Å². The molecule has 0 amide bonds. The molecule has 1 fully saturated rings. The molecule has 2 aromatic heterocycles. The van der Waals surface area contributed by atoms with Gasteiger partial charge in [-0.3, -0.25) is 4.98 Å². The summed E-state index contributed by atoms with van der Waals surface area (Å²) in [5.74, 6) is 0.907. The fourth-order valence-corrected chi connectivity index (χ4v) is 5.15. The number of benzene rings is 1. The Bertz CT molecular complexity index is 1020. The van der Waals surface area contributed by atoms with Crippen LogP contribution in [0.25, 0.3) is 0 Å². The number of nitrogens with zero attached hydrogens (tertiary/aromatic N) is 4. The highest BCUT2D eigenvalue weighted by Crippen LogP contribution is 2.38. The van der Waals surface area contributed by atoms with Crippen LogP contribution in [0, 0.1) is 6.92 Å². The molecule has 156 valence electrons. The Balaban J connectivity index is 1.48. The third kappa shape index (κ3) is 4.28. The van der Waals surface area contributed by atoms with Gasteiger partial charge in [0.15, 0.2) is 0 Å². The number of aryl methyl sites for hydroxylation is 1. The van der Waals surface area contributed by atoms with Gasteiger partial charge in [-0.05, 0) is 50.6 Å². The van der Waals surface area contributed by atoms with Crippen molar-refractivity contribution >= 4 is 40.8 Å². The van der Waals surface area contributed by atoms with Gasteiger partial charge < -0.3 is 10.2 Å². The van der Waals surface area contributed by atoms with Crippen LogP contribution in [0.1, 0.15) is 24.1 Å². The molecule has 0 atom stereocenters. The summed E-state index contributed by atoms with van der Waals surface area (Å²) in [6.45, 7) is 3.78. The van der Waals surface area contributed by atoms with Gasteiger partial charge in [-0.1, -0.05) is 47.1 Å². The lowest BCUT2D eigenvalue weighted by Crippen LogP contribution is -2.50. The molecule has 4 rings (SSSR count). The Labute approximate surface area is 191 Å². The molecule has 0 aliphatic carbocycles. The van der Waals surface area contributed by atoms with E-state index in [1.807, 2.05) is 50.8 Å². The van der Waals surface area contributed by atoms with Gasteiger partial charge in [-0.25, -0.2) is 9.97 Å². The number of aromatic nitrogens is 3. The topological polar surface area (TPSA) is 53.9 Å². The van der Waals surface area contributed by atoms with E-state index in [9.17, 15) is 0 Å². The summed E-state index contributed by atoms with van der Waals surface area (Å²) < 4.78 is 0. The van der Waals surface area contributed by atoms with E-state index in [0.717, 1.165) is 47.4 Å². The first-order chi connectivity index (χ1) is 14.5. The van der Waals surface area contributed by atoms with Gasteiger partial charge in [0.25, 0.3) is 0 Å². The lowest BCUT2D eigenvalue weighted by atomic mass is 9.82. The number of anilines is 1. The third-order valence-electron chi connectivity index (χ3n) is 5.65. The molecule has 1 aliphatic heterocycles. The maximum absolute atomic E-state index is 6.32. The maximum atomic E-state index is 6.32. The minimum Gasteiger partial charge on any atom is -0.355 e. The van der Waals surface area contributed by atoms with Crippen molar-refractivity contribution in [2.24, 2.45) is 0 Å². The number of nitrogens with one attached hydrogen (secondary N) is 1. The van der Waals surface area contributed by atoms with Crippen molar-refractivity contribution in [2.75, 3.05) is 25.0 Å². The molecule has 1 saturated heterocycles. The summed E-state index contributed by atoms with van der Waals surface area (Å²) in [5, 5.41) is 5.45. The molecule has 5 nitrogen and oxygen atoms in total. The summed E-state index contributed by atoms with van der Waals surface area (Å²) in [5.41, 5.74) is 2.07. The molecule has 1 aliphatic rings. The smallest absolute Gasteiger partial charge is 0.147 e. The lowest BCUT2D eigenvalue weighted by molar-refractivity contribution is 0.281. The van der Waals surface area contributed by atoms with Crippen LogP contribution in [0.2, 0.25) is 10.0 Å². The number of rotatable bonds is 5. The Morgan fingerprint density at radius 3 is 2.57 bits per heavy atom. The molecule has 0 saturated carbocycles. The molecule has 1 aromatic carbocycles. The Morgan fingerprint density at radius 2 is 1.90 bits per heavy atom. The fourth-order valence-electron chi connectivity index (χ4n) is 3.82. The van der Waals surface area contributed by atoms with Crippen LogP contribution in [-0.2, 0) is 5.54 Å². The lowest BCUT2D eigenvalue weighted by Gasteiger charge is -2.42. The molecule has 0 unspecified atom stereocenters. The molecular weight excluding hydrogens is 437 g/mol. The van der Waals surface area contributed by atoms with Gasteiger partial charge in [0.1, 0.15) is 10.8 Å². The molecule has 1 N–H and O–H groups in total. The largest absolute Gasteiger partial charge is 0.355 e. The van der Waals surface area contributed by atoms with Crippen molar-refractivity contribution in [3.05, 3.63) is 70.2 Å². The highest BCUT2D eigenvalue weighted by Gasteiger charge is 2.35. The van der Waals surface area contributed by atoms with Crippen molar-refractivity contribution < 1.29 is 0 Å². The predicted molar refractivity (Wildman–Crippen MR) is 124 cm³/mol. The van der Waals surface area contributed by atoms with Crippen molar-refractivity contribution in [3.63, 3.8) is 0 Å².